The Labute approximate surface area is 138 Å². The molecule has 1 aliphatic rings. The largest absolute Gasteiger partial charge is 0.324 e. The van der Waals surface area contributed by atoms with Crippen LogP contribution in [0.4, 0.5) is 10.5 Å². The number of carbonyl (C=O) groups excluding carboxylic acids is 1. The highest BCUT2D eigenvalue weighted by Crippen LogP contribution is 2.26. The molecule has 1 fully saturated rings. The molecule has 0 radical (unpaired) electrons. The number of nitrogens with zero attached hydrogens (tertiary/aromatic N) is 4. The van der Waals surface area contributed by atoms with E-state index >= 15 is 0 Å². The van der Waals surface area contributed by atoms with Crippen molar-refractivity contribution in [3.05, 3.63) is 40.6 Å². The van der Waals surface area contributed by atoms with E-state index in [0.29, 0.717) is 28.8 Å². The molecule has 22 heavy (non-hydrogen) atoms. The number of nitrogens with one attached hydrogen (secondary N) is 1. The number of anilines is 1. The zero-order chi connectivity index (χ0) is 15.5. The fourth-order valence-corrected chi connectivity index (χ4v) is 2.79. The van der Waals surface area contributed by atoms with Crippen molar-refractivity contribution in [2.45, 2.75) is 18.9 Å². The van der Waals surface area contributed by atoms with Crippen molar-refractivity contribution in [2.24, 2.45) is 0 Å². The van der Waals surface area contributed by atoms with E-state index in [1.54, 1.807) is 40.3 Å². The molecule has 0 unspecified atom stereocenters. The summed E-state index contributed by atoms with van der Waals surface area (Å²) in [5.74, 6) is 0. The van der Waals surface area contributed by atoms with E-state index in [-0.39, 0.29) is 12.1 Å². The van der Waals surface area contributed by atoms with Crippen LogP contribution in [0.2, 0.25) is 10.0 Å². The molecule has 1 aromatic heterocycles. The molecule has 2 aromatic rings. The van der Waals surface area contributed by atoms with Crippen LogP contribution in [0, 0.1) is 0 Å². The van der Waals surface area contributed by atoms with E-state index in [0.717, 1.165) is 12.8 Å². The Hall–Kier alpha value is -1.79. The lowest BCUT2D eigenvalue weighted by molar-refractivity contribution is 0.175. The van der Waals surface area contributed by atoms with Gasteiger partial charge in [0.25, 0.3) is 0 Å². The lowest BCUT2D eigenvalue weighted by atomic mass is 10.1. The van der Waals surface area contributed by atoms with Crippen molar-refractivity contribution in [3.63, 3.8) is 0 Å². The molecule has 2 amide bonds. The molecular formula is C14H15Cl2N5O. The molecule has 0 spiro atoms. The third-order valence-corrected chi connectivity index (χ3v) is 4.42. The van der Waals surface area contributed by atoms with Crippen molar-refractivity contribution in [2.75, 3.05) is 18.4 Å². The van der Waals surface area contributed by atoms with Crippen LogP contribution >= 0.6 is 23.2 Å². The maximum Gasteiger partial charge on any atom is 0.321 e. The van der Waals surface area contributed by atoms with Gasteiger partial charge in [-0.25, -0.2) is 4.79 Å². The van der Waals surface area contributed by atoms with Gasteiger partial charge in [-0.3, -0.25) is 0 Å². The third-order valence-electron chi connectivity index (χ3n) is 3.69. The Morgan fingerprint density at radius 2 is 1.82 bits per heavy atom. The Bertz CT molecular complexity index is 653. The first-order valence-corrected chi connectivity index (χ1v) is 7.76. The molecule has 116 valence electrons. The van der Waals surface area contributed by atoms with Crippen LogP contribution in [-0.4, -0.2) is 39.0 Å². The highest BCUT2D eigenvalue weighted by molar-refractivity contribution is 6.42. The highest BCUT2D eigenvalue weighted by atomic mass is 35.5. The minimum atomic E-state index is -0.134. The second kappa shape index (κ2) is 6.54. The standard InChI is InChI=1S/C14H15Cl2N5O/c15-12-2-1-10(9-13(12)16)19-14(22)20-7-3-11(4-8-20)21-17-5-6-18-21/h1-2,5-6,9,11H,3-4,7-8H2,(H,19,22). The van der Waals surface area contributed by atoms with Crippen molar-refractivity contribution >= 4 is 34.9 Å². The molecule has 6 nitrogen and oxygen atoms in total. The van der Waals surface area contributed by atoms with Crippen LogP contribution in [0.15, 0.2) is 30.6 Å². The predicted octanol–water partition coefficient (Wildman–Crippen LogP) is 3.45. The second-order valence-electron chi connectivity index (χ2n) is 5.13. The number of urea groups is 1. The quantitative estimate of drug-likeness (QED) is 0.911. The van der Waals surface area contributed by atoms with Crippen LogP contribution in [0.25, 0.3) is 0 Å². The minimum absolute atomic E-state index is 0.134. The molecule has 1 aliphatic heterocycles. The van der Waals surface area contributed by atoms with E-state index in [2.05, 4.69) is 15.5 Å². The Morgan fingerprint density at radius 1 is 1.14 bits per heavy atom. The van der Waals surface area contributed by atoms with Crippen molar-refractivity contribution in [3.8, 4) is 0 Å². The number of hydrogen-bond donors (Lipinski definition) is 1. The van der Waals surface area contributed by atoms with Gasteiger partial charge in [0.1, 0.15) is 0 Å². The van der Waals surface area contributed by atoms with Gasteiger partial charge in [-0.05, 0) is 31.0 Å². The van der Waals surface area contributed by atoms with Gasteiger partial charge in [-0.2, -0.15) is 15.0 Å². The molecule has 0 bridgehead atoms. The number of hydrogen-bond acceptors (Lipinski definition) is 3. The van der Waals surface area contributed by atoms with Crippen LogP contribution in [0.3, 0.4) is 0 Å². The summed E-state index contributed by atoms with van der Waals surface area (Å²) in [4.78, 5) is 15.8. The first-order valence-electron chi connectivity index (χ1n) is 7.00. The summed E-state index contributed by atoms with van der Waals surface area (Å²) in [6.45, 7) is 1.33. The number of piperidine rings is 1. The van der Waals surface area contributed by atoms with E-state index in [1.807, 2.05) is 0 Å². The van der Waals surface area contributed by atoms with Gasteiger partial charge >= 0.3 is 6.03 Å². The number of likely N-dealkylation sites (tertiary alicyclic amines) is 1. The van der Waals surface area contributed by atoms with Gasteiger partial charge in [0.2, 0.25) is 0 Å². The molecule has 0 saturated carbocycles. The number of amides is 2. The number of benzene rings is 1. The Balaban J connectivity index is 1.56. The third kappa shape index (κ3) is 3.34. The van der Waals surface area contributed by atoms with E-state index in [1.165, 1.54) is 0 Å². The molecule has 0 aliphatic carbocycles. The SMILES string of the molecule is O=C(Nc1ccc(Cl)c(Cl)c1)N1CCC(n2nccn2)CC1. The number of rotatable bonds is 2. The average Bonchev–Trinajstić information content (AvgIpc) is 3.05. The van der Waals surface area contributed by atoms with Crippen LogP contribution in [-0.2, 0) is 0 Å². The number of aromatic nitrogens is 3. The first kappa shape index (κ1) is 15.1. The zero-order valence-corrected chi connectivity index (χ0v) is 13.3. The summed E-state index contributed by atoms with van der Waals surface area (Å²) in [6, 6.07) is 5.15. The van der Waals surface area contributed by atoms with Gasteiger partial charge in [0.15, 0.2) is 0 Å². The summed E-state index contributed by atoms with van der Waals surface area (Å²) >= 11 is 11.8. The van der Waals surface area contributed by atoms with Crippen molar-refractivity contribution in [1.82, 2.24) is 19.9 Å². The topological polar surface area (TPSA) is 63.1 Å². The fraction of sp³-hybridized carbons (Fsp3) is 0.357. The lowest BCUT2D eigenvalue weighted by Crippen LogP contribution is -2.41. The van der Waals surface area contributed by atoms with Crippen LogP contribution < -0.4 is 5.32 Å². The predicted molar refractivity (Wildman–Crippen MR) is 85.3 cm³/mol. The summed E-state index contributed by atoms with van der Waals surface area (Å²) < 4.78 is 0. The zero-order valence-electron chi connectivity index (χ0n) is 11.7. The normalized spacial score (nSPS) is 15.8. The van der Waals surface area contributed by atoms with Crippen molar-refractivity contribution < 1.29 is 4.79 Å². The van der Waals surface area contributed by atoms with Gasteiger partial charge in [-0.1, -0.05) is 23.2 Å². The van der Waals surface area contributed by atoms with Gasteiger partial charge in [0.05, 0.1) is 28.5 Å². The van der Waals surface area contributed by atoms with E-state index in [9.17, 15) is 4.79 Å². The molecule has 3 rings (SSSR count). The maximum absolute atomic E-state index is 12.3. The molecule has 1 aromatic carbocycles. The van der Waals surface area contributed by atoms with Crippen LogP contribution in [0.5, 0.6) is 0 Å². The van der Waals surface area contributed by atoms with Gasteiger partial charge in [0, 0.05) is 18.8 Å². The average molecular weight is 340 g/mol. The fourth-order valence-electron chi connectivity index (χ4n) is 2.49. The molecule has 1 saturated heterocycles. The molecular weight excluding hydrogens is 325 g/mol. The second-order valence-corrected chi connectivity index (χ2v) is 5.94. The monoisotopic (exact) mass is 339 g/mol. The number of carbonyl (C=O) groups is 1. The molecule has 2 heterocycles. The highest BCUT2D eigenvalue weighted by Gasteiger charge is 2.24. The Morgan fingerprint density at radius 3 is 2.45 bits per heavy atom. The number of halogens is 2. The summed E-state index contributed by atoms with van der Waals surface area (Å²) in [5, 5.41) is 12.0. The van der Waals surface area contributed by atoms with Crippen LogP contribution in [0.1, 0.15) is 18.9 Å². The molecule has 8 heteroatoms. The Kier molecular flexibility index (Phi) is 4.49. The molecule has 1 N–H and O–H groups in total. The van der Waals surface area contributed by atoms with Gasteiger partial charge < -0.3 is 10.2 Å². The summed E-state index contributed by atoms with van der Waals surface area (Å²) in [6.07, 6.45) is 5.01. The smallest absolute Gasteiger partial charge is 0.321 e. The van der Waals surface area contributed by atoms with Gasteiger partial charge in [-0.15, -0.1) is 0 Å². The lowest BCUT2D eigenvalue weighted by Gasteiger charge is -2.31. The minimum Gasteiger partial charge on any atom is -0.324 e. The maximum atomic E-state index is 12.3. The summed E-state index contributed by atoms with van der Waals surface area (Å²) in [5.41, 5.74) is 0.635. The van der Waals surface area contributed by atoms with E-state index < -0.39 is 0 Å². The van der Waals surface area contributed by atoms with Crippen molar-refractivity contribution in [1.29, 1.82) is 0 Å². The first-order chi connectivity index (χ1) is 10.6. The summed E-state index contributed by atoms with van der Waals surface area (Å²) in [7, 11) is 0. The molecule has 0 atom stereocenters. The van der Waals surface area contributed by atoms with E-state index in [4.69, 9.17) is 23.2 Å².